The standard InChI is InChI=1S/C21H41NO2/c1-3-5-6-7-8-9-10-11-12-13-14-15-16-17-18-19-21(23)22(24)20-4-2/h11-12,22H,3-10,13-20H2,1-2H3/b12-11-. The number of hydrogen-bond donors (Lipinski definition) is 1. The molecule has 3 heteroatoms. The number of quaternary nitrogens is 1. The Kier molecular flexibility index (Phi) is 18.1. The zero-order chi connectivity index (χ0) is 17.9. The quantitative estimate of drug-likeness (QED) is 0.221. The van der Waals surface area contributed by atoms with Crippen LogP contribution in [0.3, 0.4) is 0 Å². The normalized spacial score (nSPS) is 12.8. The van der Waals surface area contributed by atoms with Crippen molar-refractivity contribution in [3.63, 3.8) is 0 Å². The summed E-state index contributed by atoms with van der Waals surface area (Å²) in [6.45, 7) is 4.62. The summed E-state index contributed by atoms with van der Waals surface area (Å²) in [5, 5.41) is 11.2. The first-order chi connectivity index (χ1) is 11.7. The fourth-order valence-corrected chi connectivity index (χ4v) is 2.86. The minimum atomic E-state index is -0.173. The molecule has 1 atom stereocenters. The second kappa shape index (κ2) is 18.7. The molecule has 0 spiro atoms. The molecule has 0 bridgehead atoms. The summed E-state index contributed by atoms with van der Waals surface area (Å²) in [4.78, 5) is 11.5. The van der Waals surface area contributed by atoms with E-state index in [0.29, 0.717) is 13.0 Å². The molecule has 3 nitrogen and oxygen atoms in total. The first kappa shape index (κ1) is 23.3. The maximum absolute atomic E-state index is 11.5. The molecular weight excluding hydrogens is 298 g/mol. The summed E-state index contributed by atoms with van der Waals surface area (Å²) in [6.07, 6.45) is 22.2. The molecule has 1 N–H and O–H groups in total. The van der Waals surface area contributed by atoms with Gasteiger partial charge in [-0.1, -0.05) is 77.4 Å². The zero-order valence-electron chi connectivity index (χ0n) is 16.3. The third-order valence-electron chi connectivity index (χ3n) is 4.45. The van der Waals surface area contributed by atoms with Gasteiger partial charge in [-0.05, 0) is 38.5 Å². The van der Waals surface area contributed by atoms with E-state index in [9.17, 15) is 10.0 Å². The van der Waals surface area contributed by atoms with Crippen molar-refractivity contribution >= 4 is 5.91 Å². The molecule has 1 unspecified atom stereocenters. The van der Waals surface area contributed by atoms with Crippen LogP contribution in [0.25, 0.3) is 0 Å². The lowest BCUT2D eigenvalue weighted by Crippen LogP contribution is -3.10. The van der Waals surface area contributed by atoms with Crippen molar-refractivity contribution in [2.45, 2.75) is 110 Å². The summed E-state index contributed by atoms with van der Waals surface area (Å²) in [5.74, 6) is -0.158. The van der Waals surface area contributed by atoms with Gasteiger partial charge in [-0.3, -0.25) is 0 Å². The molecule has 0 heterocycles. The monoisotopic (exact) mass is 339 g/mol. The number of nitrogens with one attached hydrogen (secondary N) is 1. The van der Waals surface area contributed by atoms with Crippen LogP contribution in [0, 0.1) is 5.21 Å². The maximum Gasteiger partial charge on any atom is 0.312 e. The van der Waals surface area contributed by atoms with Crippen molar-refractivity contribution in [2.24, 2.45) is 0 Å². The van der Waals surface area contributed by atoms with Crippen molar-refractivity contribution in [3.8, 4) is 0 Å². The van der Waals surface area contributed by atoms with Crippen LogP contribution in [0.2, 0.25) is 0 Å². The van der Waals surface area contributed by atoms with Gasteiger partial charge in [0.2, 0.25) is 0 Å². The SMILES string of the molecule is CCCCCCCC/C=C\CCCCCCCC(=O)[NH+]([O-])CCC. The van der Waals surface area contributed by atoms with Crippen LogP contribution >= 0.6 is 0 Å². The van der Waals surface area contributed by atoms with Crippen LogP contribution < -0.4 is 5.06 Å². The average Bonchev–Trinajstić information content (AvgIpc) is 2.58. The summed E-state index contributed by atoms with van der Waals surface area (Å²) < 4.78 is 0. The van der Waals surface area contributed by atoms with Crippen LogP contribution in [0.5, 0.6) is 0 Å². The van der Waals surface area contributed by atoms with E-state index in [-0.39, 0.29) is 11.0 Å². The van der Waals surface area contributed by atoms with Gasteiger partial charge in [-0.25, -0.2) is 4.79 Å². The minimum absolute atomic E-state index is 0.158. The average molecular weight is 340 g/mol. The fourth-order valence-electron chi connectivity index (χ4n) is 2.86. The Labute approximate surface area is 150 Å². The van der Waals surface area contributed by atoms with E-state index < -0.39 is 0 Å². The van der Waals surface area contributed by atoms with Gasteiger partial charge < -0.3 is 10.3 Å². The number of hydroxylamine groups is 2. The van der Waals surface area contributed by atoms with Gasteiger partial charge in [0.15, 0.2) is 0 Å². The highest BCUT2D eigenvalue weighted by atomic mass is 16.5. The third-order valence-corrected chi connectivity index (χ3v) is 4.45. The molecule has 142 valence electrons. The van der Waals surface area contributed by atoms with Gasteiger partial charge in [0.1, 0.15) is 0 Å². The summed E-state index contributed by atoms with van der Waals surface area (Å²) in [5.41, 5.74) is 0. The highest BCUT2D eigenvalue weighted by Gasteiger charge is 2.08. The van der Waals surface area contributed by atoms with Gasteiger partial charge in [-0.15, -0.1) is 0 Å². The molecule has 0 aliphatic heterocycles. The van der Waals surface area contributed by atoms with E-state index in [1.54, 1.807) is 0 Å². The topological polar surface area (TPSA) is 44.6 Å². The van der Waals surface area contributed by atoms with E-state index in [0.717, 1.165) is 19.3 Å². The fraction of sp³-hybridized carbons (Fsp3) is 0.857. The molecule has 0 radical (unpaired) electrons. The molecule has 0 saturated carbocycles. The molecule has 0 rings (SSSR count). The molecule has 0 fully saturated rings. The number of amides is 1. The first-order valence-electron chi connectivity index (χ1n) is 10.4. The van der Waals surface area contributed by atoms with Crippen molar-refractivity contribution in [1.82, 2.24) is 0 Å². The lowest BCUT2D eigenvalue weighted by Gasteiger charge is -2.18. The molecule has 1 amide bonds. The third kappa shape index (κ3) is 16.2. The van der Waals surface area contributed by atoms with E-state index >= 15 is 0 Å². The van der Waals surface area contributed by atoms with Crippen molar-refractivity contribution in [1.29, 1.82) is 0 Å². The largest absolute Gasteiger partial charge is 0.627 e. The maximum atomic E-state index is 11.5. The molecule has 0 aliphatic carbocycles. The summed E-state index contributed by atoms with van der Waals surface area (Å²) in [7, 11) is 0. The number of carbonyl (C=O) groups excluding carboxylic acids is 1. The molecular formula is C21H41NO2. The molecule has 0 saturated heterocycles. The van der Waals surface area contributed by atoms with Crippen molar-refractivity contribution in [3.05, 3.63) is 17.4 Å². The Balaban J connectivity index is 3.24. The van der Waals surface area contributed by atoms with E-state index in [2.05, 4.69) is 19.1 Å². The number of unbranched alkanes of at least 4 members (excludes halogenated alkanes) is 11. The van der Waals surface area contributed by atoms with E-state index in [1.807, 2.05) is 6.92 Å². The molecule has 0 aliphatic rings. The Hall–Kier alpha value is -0.670. The van der Waals surface area contributed by atoms with Crippen LogP contribution in [0.1, 0.15) is 110 Å². The van der Waals surface area contributed by atoms with E-state index in [1.165, 1.54) is 70.6 Å². The van der Waals surface area contributed by atoms with Gasteiger partial charge in [0, 0.05) is 0 Å². The van der Waals surface area contributed by atoms with Gasteiger partial charge >= 0.3 is 5.91 Å². The Morgan fingerprint density at radius 2 is 1.25 bits per heavy atom. The summed E-state index contributed by atoms with van der Waals surface area (Å²) in [6, 6.07) is 0. The number of allylic oxidation sites excluding steroid dienone is 2. The smallest absolute Gasteiger partial charge is 0.312 e. The predicted octanol–water partition coefficient (Wildman–Crippen LogP) is 5.34. The van der Waals surface area contributed by atoms with Crippen LogP contribution in [0.15, 0.2) is 12.2 Å². The molecule has 0 aromatic carbocycles. The number of carbonyl (C=O) groups is 1. The second-order valence-electron chi connectivity index (χ2n) is 6.93. The highest BCUT2D eigenvalue weighted by Crippen LogP contribution is 2.09. The van der Waals surface area contributed by atoms with Gasteiger partial charge in [0.25, 0.3) is 0 Å². The summed E-state index contributed by atoms with van der Waals surface area (Å²) >= 11 is 0. The Bertz CT molecular complexity index is 302. The number of rotatable bonds is 17. The lowest BCUT2D eigenvalue weighted by atomic mass is 10.1. The van der Waals surface area contributed by atoms with Crippen molar-refractivity contribution in [2.75, 3.05) is 6.54 Å². The first-order valence-corrected chi connectivity index (χ1v) is 10.4. The highest BCUT2D eigenvalue weighted by molar-refractivity contribution is 5.66. The molecule has 0 aromatic heterocycles. The zero-order valence-corrected chi connectivity index (χ0v) is 16.3. The minimum Gasteiger partial charge on any atom is -0.627 e. The molecule has 0 aromatic rings. The van der Waals surface area contributed by atoms with Crippen LogP contribution in [-0.4, -0.2) is 12.5 Å². The Morgan fingerprint density at radius 1 is 0.750 bits per heavy atom. The van der Waals surface area contributed by atoms with Gasteiger partial charge in [-0.2, -0.15) is 0 Å². The van der Waals surface area contributed by atoms with Gasteiger partial charge in [0.05, 0.1) is 13.0 Å². The Morgan fingerprint density at radius 3 is 1.79 bits per heavy atom. The number of hydrogen-bond acceptors (Lipinski definition) is 2. The van der Waals surface area contributed by atoms with Crippen LogP contribution in [-0.2, 0) is 4.79 Å². The van der Waals surface area contributed by atoms with Crippen molar-refractivity contribution < 1.29 is 9.86 Å². The van der Waals surface area contributed by atoms with E-state index in [4.69, 9.17) is 0 Å². The van der Waals surface area contributed by atoms with Crippen LogP contribution in [0.4, 0.5) is 0 Å². The molecule has 24 heavy (non-hydrogen) atoms. The second-order valence-corrected chi connectivity index (χ2v) is 6.93. The lowest BCUT2D eigenvalue weighted by molar-refractivity contribution is -0.765. The predicted molar refractivity (Wildman–Crippen MR) is 104 cm³/mol.